The van der Waals surface area contributed by atoms with Gasteiger partial charge in [-0.1, -0.05) is 0 Å². The number of aromatic nitrogens is 3. The quantitative estimate of drug-likeness (QED) is 0.658. The second kappa shape index (κ2) is 4.86. The Morgan fingerprint density at radius 3 is 2.68 bits per heavy atom. The van der Waals surface area contributed by atoms with Crippen molar-refractivity contribution in [1.82, 2.24) is 14.8 Å². The van der Waals surface area contributed by atoms with Gasteiger partial charge in [0.2, 0.25) is 10.0 Å². The summed E-state index contributed by atoms with van der Waals surface area (Å²) in [6.07, 6.45) is 1.58. The number of anilines is 2. The summed E-state index contributed by atoms with van der Waals surface area (Å²) in [5.41, 5.74) is 6.50. The number of aryl methyl sites for hydroxylation is 1. The van der Waals surface area contributed by atoms with E-state index in [4.69, 9.17) is 10.9 Å². The standard InChI is InChI=1S/C10H14N6O2S/c1-16-6-14-15-10(16)5-13-8-2-7(11)3-9(4-8)19(12,17)18/h2-4,6,13H,5,11H2,1H3,(H2,12,17,18). The van der Waals surface area contributed by atoms with Crippen LogP contribution in [0, 0.1) is 0 Å². The molecule has 0 aliphatic heterocycles. The maximum Gasteiger partial charge on any atom is 0.238 e. The fourth-order valence-electron chi connectivity index (χ4n) is 1.54. The second-order valence-electron chi connectivity index (χ2n) is 4.05. The van der Waals surface area contributed by atoms with Crippen molar-refractivity contribution in [2.75, 3.05) is 11.1 Å². The van der Waals surface area contributed by atoms with E-state index in [0.29, 0.717) is 23.7 Å². The molecule has 1 heterocycles. The third-order valence-corrected chi connectivity index (χ3v) is 3.41. The third-order valence-electron chi connectivity index (χ3n) is 2.51. The van der Waals surface area contributed by atoms with E-state index >= 15 is 0 Å². The Morgan fingerprint density at radius 2 is 2.11 bits per heavy atom. The molecule has 0 saturated carbocycles. The summed E-state index contributed by atoms with van der Waals surface area (Å²) in [7, 11) is -1.97. The number of nitrogen functional groups attached to an aromatic ring is 1. The van der Waals surface area contributed by atoms with E-state index in [-0.39, 0.29) is 4.90 Å². The molecule has 0 aliphatic rings. The smallest absolute Gasteiger partial charge is 0.238 e. The minimum atomic E-state index is -3.78. The van der Waals surface area contributed by atoms with Crippen molar-refractivity contribution in [3.63, 3.8) is 0 Å². The van der Waals surface area contributed by atoms with E-state index in [2.05, 4.69) is 15.5 Å². The summed E-state index contributed by atoms with van der Waals surface area (Å²) < 4.78 is 24.3. The largest absolute Gasteiger partial charge is 0.399 e. The number of nitrogens with two attached hydrogens (primary N) is 2. The van der Waals surface area contributed by atoms with Gasteiger partial charge in [-0.2, -0.15) is 0 Å². The average Bonchev–Trinajstić information content (AvgIpc) is 2.70. The Kier molecular flexibility index (Phi) is 3.40. The molecule has 9 heteroatoms. The lowest BCUT2D eigenvalue weighted by atomic mass is 10.3. The summed E-state index contributed by atoms with van der Waals surface area (Å²) in [6, 6.07) is 4.34. The molecule has 0 aliphatic carbocycles. The molecule has 1 aromatic heterocycles. The van der Waals surface area contributed by atoms with E-state index in [1.807, 2.05) is 7.05 Å². The Balaban J connectivity index is 2.22. The zero-order chi connectivity index (χ0) is 14.0. The van der Waals surface area contributed by atoms with Crippen LogP contribution in [0.5, 0.6) is 0 Å². The maximum atomic E-state index is 11.3. The van der Waals surface area contributed by atoms with Crippen molar-refractivity contribution in [2.45, 2.75) is 11.4 Å². The van der Waals surface area contributed by atoms with Crippen LogP contribution in [0.4, 0.5) is 11.4 Å². The van der Waals surface area contributed by atoms with Gasteiger partial charge in [-0.25, -0.2) is 13.6 Å². The normalized spacial score (nSPS) is 11.5. The number of sulfonamides is 1. The number of nitrogens with one attached hydrogen (secondary N) is 1. The summed E-state index contributed by atoms with van der Waals surface area (Å²) in [4.78, 5) is -0.0343. The lowest BCUT2D eigenvalue weighted by molar-refractivity contribution is 0.598. The van der Waals surface area contributed by atoms with Crippen molar-refractivity contribution in [3.8, 4) is 0 Å². The summed E-state index contributed by atoms with van der Waals surface area (Å²) >= 11 is 0. The molecule has 102 valence electrons. The molecule has 0 saturated heterocycles. The first-order valence-corrected chi connectivity index (χ1v) is 6.91. The highest BCUT2D eigenvalue weighted by molar-refractivity contribution is 7.89. The molecule has 0 fully saturated rings. The van der Waals surface area contributed by atoms with Crippen molar-refractivity contribution in [2.24, 2.45) is 12.2 Å². The van der Waals surface area contributed by atoms with Gasteiger partial charge in [-0.05, 0) is 18.2 Å². The van der Waals surface area contributed by atoms with Crippen LogP contribution in [0.2, 0.25) is 0 Å². The fraction of sp³-hybridized carbons (Fsp3) is 0.200. The van der Waals surface area contributed by atoms with Crippen LogP contribution in [0.3, 0.4) is 0 Å². The van der Waals surface area contributed by atoms with Crippen molar-refractivity contribution >= 4 is 21.4 Å². The predicted molar refractivity (Wildman–Crippen MR) is 70.6 cm³/mol. The molecule has 1 aromatic carbocycles. The van der Waals surface area contributed by atoms with Gasteiger partial charge in [0.15, 0.2) is 5.82 Å². The molecule has 0 bridgehead atoms. The van der Waals surface area contributed by atoms with Gasteiger partial charge >= 0.3 is 0 Å². The Bertz CT molecular complexity index is 694. The first-order chi connectivity index (χ1) is 8.86. The van der Waals surface area contributed by atoms with E-state index in [1.54, 1.807) is 17.0 Å². The third kappa shape index (κ3) is 3.20. The van der Waals surface area contributed by atoms with Crippen LogP contribution >= 0.6 is 0 Å². The molecule has 0 amide bonds. The molecular formula is C10H14N6O2S. The minimum Gasteiger partial charge on any atom is -0.399 e. The van der Waals surface area contributed by atoms with Crippen molar-refractivity contribution in [3.05, 3.63) is 30.4 Å². The number of hydrogen-bond donors (Lipinski definition) is 3. The highest BCUT2D eigenvalue weighted by Gasteiger charge is 2.10. The van der Waals surface area contributed by atoms with E-state index in [9.17, 15) is 8.42 Å². The lowest BCUT2D eigenvalue weighted by Crippen LogP contribution is -2.13. The van der Waals surface area contributed by atoms with Gasteiger partial charge < -0.3 is 15.6 Å². The van der Waals surface area contributed by atoms with Gasteiger partial charge in [-0.15, -0.1) is 10.2 Å². The average molecular weight is 282 g/mol. The zero-order valence-electron chi connectivity index (χ0n) is 10.2. The van der Waals surface area contributed by atoms with Crippen molar-refractivity contribution in [1.29, 1.82) is 0 Å². The Labute approximate surface area is 110 Å². The van der Waals surface area contributed by atoms with Crippen LogP contribution in [0.25, 0.3) is 0 Å². The summed E-state index contributed by atoms with van der Waals surface area (Å²) in [5, 5.41) is 15.7. The minimum absolute atomic E-state index is 0.0343. The lowest BCUT2D eigenvalue weighted by Gasteiger charge is -2.08. The Morgan fingerprint density at radius 1 is 1.37 bits per heavy atom. The van der Waals surface area contributed by atoms with Crippen LogP contribution in [0.1, 0.15) is 5.82 Å². The van der Waals surface area contributed by atoms with Crippen molar-refractivity contribution < 1.29 is 8.42 Å². The Hall–Kier alpha value is -2.13. The molecule has 0 radical (unpaired) electrons. The van der Waals surface area contributed by atoms with E-state index < -0.39 is 10.0 Å². The van der Waals surface area contributed by atoms with Gasteiger partial charge in [0.1, 0.15) is 6.33 Å². The second-order valence-corrected chi connectivity index (χ2v) is 5.61. The maximum absolute atomic E-state index is 11.3. The van der Waals surface area contributed by atoms with Crippen LogP contribution in [-0.2, 0) is 23.6 Å². The number of rotatable bonds is 4. The molecule has 0 spiro atoms. The predicted octanol–water partition coefficient (Wildman–Crippen LogP) is -0.343. The number of nitrogens with zero attached hydrogens (tertiary/aromatic N) is 3. The summed E-state index contributed by atoms with van der Waals surface area (Å²) in [5.74, 6) is 0.708. The van der Waals surface area contributed by atoms with Gasteiger partial charge in [0.25, 0.3) is 0 Å². The zero-order valence-corrected chi connectivity index (χ0v) is 11.1. The fourth-order valence-corrected chi connectivity index (χ4v) is 2.13. The first-order valence-electron chi connectivity index (χ1n) is 5.36. The highest BCUT2D eigenvalue weighted by Crippen LogP contribution is 2.19. The van der Waals surface area contributed by atoms with E-state index in [1.165, 1.54) is 12.1 Å². The molecule has 2 aromatic rings. The molecule has 0 unspecified atom stereocenters. The topological polar surface area (TPSA) is 129 Å². The van der Waals surface area contributed by atoms with Gasteiger partial charge in [-0.3, -0.25) is 0 Å². The van der Waals surface area contributed by atoms with Gasteiger partial charge in [0, 0.05) is 18.4 Å². The molecule has 19 heavy (non-hydrogen) atoms. The van der Waals surface area contributed by atoms with Crippen LogP contribution in [0.15, 0.2) is 29.4 Å². The van der Waals surface area contributed by atoms with Crippen LogP contribution in [-0.4, -0.2) is 23.2 Å². The number of benzene rings is 1. The molecule has 0 atom stereocenters. The van der Waals surface area contributed by atoms with Gasteiger partial charge in [0.05, 0.1) is 11.4 Å². The molecule has 2 rings (SSSR count). The van der Waals surface area contributed by atoms with E-state index in [0.717, 1.165) is 0 Å². The number of primary sulfonamides is 1. The first kappa shape index (κ1) is 13.3. The van der Waals surface area contributed by atoms with Crippen LogP contribution < -0.4 is 16.2 Å². The highest BCUT2D eigenvalue weighted by atomic mass is 32.2. The molecular weight excluding hydrogens is 268 g/mol. The summed E-state index contributed by atoms with van der Waals surface area (Å²) in [6.45, 7) is 0.393. The molecule has 5 N–H and O–H groups in total. The SMILES string of the molecule is Cn1cnnc1CNc1cc(N)cc(S(N)(=O)=O)c1. The monoisotopic (exact) mass is 282 g/mol. The number of hydrogen-bond acceptors (Lipinski definition) is 6. The molecule has 8 nitrogen and oxygen atoms in total.